The average molecular weight is 478 g/mol. The van der Waals surface area contributed by atoms with E-state index in [0.717, 1.165) is 42.3 Å². The van der Waals surface area contributed by atoms with Gasteiger partial charge in [0.1, 0.15) is 0 Å². The van der Waals surface area contributed by atoms with Crippen molar-refractivity contribution in [2.45, 2.75) is 43.0 Å². The van der Waals surface area contributed by atoms with E-state index >= 15 is 0 Å². The fourth-order valence-electron chi connectivity index (χ4n) is 3.99. The molecule has 3 aromatic rings. The van der Waals surface area contributed by atoms with Gasteiger partial charge in [0.25, 0.3) is 5.91 Å². The van der Waals surface area contributed by atoms with E-state index in [1.807, 2.05) is 19.2 Å². The third-order valence-corrected chi connectivity index (χ3v) is 9.16. The number of carbonyl (C=O) groups excluding carboxylic acids is 1. The minimum absolute atomic E-state index is 0.0369. The zero-order valence-corrected chi connectivity index (χ0v) is 19.8. The van der Waals surface area contributed by atoms with Gasteiger partial charge in [-0.15, -0.1) is 0 Å². The van der Waals surface area contributed by atoms with E-state index in [1.54, 1.807) is 17.7 Å². The summed E-state index contributed by atoms with van der Waals surface area (Å²) in [6, 6.07) is 11.6. The summed E-state index contributed by atoms with van der Waals surface area (Å²) in [7, 11) is -0.136. The number of halogens is 1. The fourth-order valence-corrected chi connectivity index (χ4v) is 6.81. The van der Waals surface area contributed by atoms with Crippen LogP contribution < -0.4 is 4.80 Å². The third-order valence-electron chi connectivity index (χ3n) is 5.84. The van der Waals surface area contributed by atoms with Crippen LogP contribution in [0.4, 0.5) is 0 Å². The lowest BCUT2D eigenvalue weighted by Gasteiger charge is -2.30. The topological polar surface area (TPSA) is 71.7 Å². The SMILES string of the molecule is CN(C1CCCCC1)S(=O)(=O)c1ccc(C(=O)N=c2sc3cccc(Cl)c3n2C)cc1. The first-order valence-electron chi connectivity index (χ1n) is 10.2. The molecule has 0 N–H and O–H groups in total. The maximum Gasteiger partial charge on any atom is 0.279 e. The molecule has 0 spiro atoms. The van der Waals surface area contributed by atoms with Crippen LogP contribution in [0.15, 0.2) is 52.4 Å². The van der Waals surface area contributed by atoms with Crippen molar-refractivity contribution >= 4 is 49.1 Å². The van der Waals surface area contributed by atoms with E-state index in [1.165, 1.54) is 39.9 Å². The highest BCUT2D eigenvalue weighted by molar-refractivity contribution is 7.89. The van der Waals surface area contributed by atoms with Gasteiger partial charge in [-0.1, -0.05) is 48.3 Å². The van der Waals surface area contributed by atoms with Crippen molar-refractivity contribution in [1.82, 2.24) is 8.87 Å². The van der Waals surface area contributed by atoms with Crippen LogP contribution in [0, 0.1) is 0 Å². The van der Waals surface area contributed by atoms with Gasteiger partial charge in [-0.2, -0.15) is 9.30 Å². The summed E-state index contributed by atoms with van der Waals surface area (Å²) in [6.45, 7) is 0. The number of amides is 1. The van der Waals surface area contributed by atoms with Gasteiger partial charge in [0.05, 0.1) is 20.1 Å². The molecule has 1 aliphatic rings. The lowest BCUT2D eigenvalue weighted by Crippen LogP contribution is -2.38. The molecule has 2 aromatic carbocycles. The number of fused-ring (bicyclic) bond motifs is 1. The number of sulfonamides is 1. The van der Waals surface area contributed by atoms with Crippen molar-refractivity contribution in [3.8, 4) is 0 Å². The number of rotatable bonds is 4. The van der Waals surface area contributed by atoms with Crippen molar-refractivity contribution in [3.05, 3.63) is 57.9 Å². The van der Waals surface area contributed by atoms with Gasteiger partial charge in [-0.25, -0.2) is 8.42 Å². The van der Waals surface area contributed by atoms with Crippen molar-refractivity contribution < 1.29 is 13.2 Å². The predicted octanol–water partition coefficient (Wildman–Crippen LogP) is 4.59. The smallest absolute Gasteiger partial charge is 0.279 e. The first-order chi connectivity index (χ1) is 14.8. The molecule has 0 unspecified atom stereocenters. The minimum Gasteiger partial charge on any atom is -0.318 e. The summed E-state index contributed by atoms with van der Waals surface area (Å²) < 4.78 is 30.2. The molecule has 1 amide bonds. The average Bonchev–Trinajstić information content (AvgIpc) is 3.10. The molecule has 0 bridgehead atoms. The Morgan fingerprint density at radius 3 is 2.45 bits per heavy atom. The van der Waals surface area contributed by atoms with E-state index in [4.69, 9.17) is 11.6 Å². The molecule has 4 rings (SSSR count). The fraction of sp³-hybridized carbons (Fsp3) is 0.364. The number of nitrogens with zero attached hydrogens (tertiary/aromatic N) is 3. The van der Waals surface area contributed by atoms with E-state index in [-0.39, 0.29) is 10.9 Å². The van der Waals surface area contributed by atoms with Gasteiger partial charge < -0.3 is 4.57 Å². The lowest BCUT2D eigenvalue weighted by molar-refractivity contribution is 0.0998. The van der Waals surface area contributed by atoms with Gasteiger partial charge >= 0.3 is 0 Å². The van der Waals surface area contributed by atoms with Crippen molar-refractivity contribution in [2.75, 3.05) is 7.05 Å². The summed E-state index contributed by atoms with van der Waals surface area (Å²) >= 11 is 7.65. The number of aryl methyl sites for hydroxylation is 1. The first-order valence-corrected chi connectivity index (χ1v) is 12.8. The molecule has 1 aromatic heterocycles. The summed E-state index contributed by atoms with van der Waals surface area (Å²) in [5.41, 5.74) is 1.16. The molecule has 164 valence electrons. The number of benzene rings is 2. The highest BCUT2D eigenvalue weighted by Crippen LogP contribution is 2.27. The zero-order chi connectivity index (χ0) is 22.2. The van der Waals surface area contributed by atoms with Crippen LogP contribution in [0.2, 0.25) is 5.02 Å². The number of thiazole rings is 1. The van der Waals surface area contributed by atoms with Gasteiger partial charge in [0.2, 0.25) is 10.0 Å². The standard InChI is InChI=1S/C22H24ClN3O3S2/c1-25-20-18(23)9-6-10-19(20)30-22(25)24-21(27)15-11-13-17(14-12-15)31(28,29)26(2)16-7-4-3-5-8-16/h6,9-14,16H,3-5,7-8H2,1-2H3. The Hall–Kier alpha value is -2.00. The number of hydrogen-bond donors (Lipinski definition) is 0. The molecule has 9 heteroatoms. The number of carbonyl (C=O) groups is 1. The largest absolute Gasteiger partial charge is 0.318 e. The first kappa shape index (κ1) is 22.2. The Kier molecular flexibility index (Phi) is 6.35. The normalized spacial score (nSPS) is 16.3. The molecule has 1 heterocycles. The molecule has 0 radical (unpaired) electrons. The molecular weight excluding hydrogens is 454 g/mol. The highest BCUT2D eigenvalue weighted by Gasteiger charge is 2.29. The zero-order valence-electron chi connectivity index (χ0n) is 17.4. The van der Waals surface area contributed by atoms with E-state index < -0.39 is 15.9 Å². The molecule has 0 aliphatic heterocycles. The Morgan fingerprint density at radius 2 is 1.81 bits per heavy atom. The Bertz CT molecular complexity index is 1290. The van der Waals surface area contributed by atoms with Gasteiger partial charge in [0.15, 0.2) is 4.80 Å². The van der Waals surface area contributed by atoms with Crippen LogP contribution >= 0.6 is 22.9 Å². The summed E-state index contributed by atoms with van der Waals surface area (Å²) in [6.07, 6.45) is 5.05. The summed E-state index contributed by atoms with van der Waals surface area (Å²) in [5.74, 6) is -0.428. The van der Waals surface area contributed by atoms with E-state index in [0.29, 0.717) is 15.4 Å². The number of hydrogen-bond acceptors (Lipinski definition) is 4. The molecule has 31 heavy (non-hydrogen) atoms. The monoisotopic (exact) mass is 477 g/mol. The quantitative estimate of drug-likeness (QED) is 0.551. The maximum absolute atomic E-state index is 13.0. The summed E-state index contributed by atoms with van der Waals surface area (Å²) in [4.78, 5) is 17.7. The summed E-state index contributed by atoms with van der Waals surface area (Å²) in [5, 5.41) is 0.599. The van der Waals surface area contributed by atoms with Crippen LogP contribution in [-0.2, 0) is 17.1 Å². The molecule has 0 atom stereocenters. The van der Waals surface area contributed by atoms with Gasteiger partial charge in [-0.3, -0.25) is 4.79 Å². The van der Waals surface area contributed by atoms with Crippen molar-refractivity contribution in [1.29, 1.82) is 0 Å². The molecular formula is C22H24ClN3O3S2. The van der Waals surface area contributed by atoms with E-state index in [9.17, 15) is 13.2 Å². The van der Waals surface area contributed by atoms with Gasteiger partial charge in [-0.05, 0) is 49.2 Å². The second-order valence-electron chi connectivity index (χ2n) is 7.78. The Labute approximate surface area is 190 Å². The molecule has 6 nitrogen and oxygen atoms in total. The molecule has 1 aliphatic carbocycles. The van der Waals surface area contributed by atoms with Gasteiger partial charge in [0, 0.05) is 25.7 Å². The minimum atomic E-state index is -3.59. The van der Waals surface area contributed by atoms with Crippen LogP contribution in [0.1, 0.15) is 42.5 Å². The van der Waals surface area contributed by atoms with Crippen LogP contribution in [0.3, 0.4) is 0 Å². The molecule has 1 saturated carbocycles. The second-order valence-corrected chi connectivity index (χ2v) is 11.2. The van der Waals surface area contributed by atoms with E-state index in [2.05, 4.69) is 4.99 Å². The molecule has 0 saturated heterocycles. The Morgan fingerprint density at radius 1 is 1.13 bits per heavy atom. The van der Waals surface area contributed by atoms with Crippen LogP contribution in [-0.4, -0.2) is 36.3 Å². The lowest BCUT2D eigenvalue weighted by atomic mass is 9.96. The second kappa shape index (κ2) is 8.86. The molecule has 1 fully saturated rings. The Balaban J connectivity index is 1.59. The van der Waals surface area contributed by atoms with Crippen LogP contribution in [0.5, 0.6) is 0 Å². The van der Waals surface area contributed by atoms with Crippen LogP contribution in [0.25, 0.3) is 10.2 Å². The third kappa shape index (κ3) is 4.35. The number of aromatic nitrogens is 1. The van der Waals surface area contributed by atoms with Crippen molar-refractivity contribution in [2.24, 2.45) is 12.0 Å². The predicted molar refractivity (Wildman–Crippen MR) is 124 cm³/mol. The maximum atomic E-state index is 13.0. The number of para-hydroxylation sites is 1. The van der Waals surface area contributed by atoms with Crippen molar-refractivity contribution in [3.63, 3.8) is 0 Å². The highest BCUT2D eigenvalue weighted by atomic mass is 35.5.